The first kappa shape index (κ1) is 21.3. The smallest absolute Gasteiger partial charge is 0.181 e. The molecule has 1 saturated carbocycles. The molecule has 4 rings (SSSR count). The molecule has 3 aromatic rings. The zero-order valence-electron chi connectivity index (χ0n) is 17.3. The third kappa shape index (κ3) is 4.98. The molecule has 1 heterocycles. The molecule has 0 N–H and O–H groups in total. The maximum atomic E-state index is 5.27. The van der Waals surface area contributed by atoms with E-state index in [2.05, 4.69) is 47.9 Å². The van der Waals surface area contributed by atoms with Crippen molar-refractivity contribution < 1.29 is 4.74 Å². The minimum atomic E-state index is 0. The molecule has 1 aliphatic rings. The lowest BCUT2D eigenvalue weighted by atomic mass is 9.85. The monoisotopic (exact) mass is 412 g/mol. The third-order valence-corrected chi connectivity index (χ3v) is 5.36. The summed E-state index contributed by atoms with van der Waals surface area (Å²) in [5, 5.41) is 4.88. The van der Waals surface area contributed by atoms with Gasteiger partial charge in [0.25, 0.3) is 0 Å². The van der Waals surface area contributed by atoms with Crippen LogP contribution in [0.2, 0.25) is 0 Å². The van der Waals surface area contributed by atoms with Crippen LogP contribution in [0.4, 0.5) is 0 Å². The van der Waals surface area contributed by atoms with E-state index in [1.807, 2.05) is 24.3 Å². The average Bonchev–Trinajstić information content (AvgIpc) is 3.08. The average molecular weight is 413 g/mol. The van der Waals surface area contributed by atoms with Gasteiger partial charge in [0, 0.05) is 24.2 Å². The van der Waals surface area contributed by atoms with Gasteiger partial charge in [0.1, 0.15) is 5.75 Å². The molecule has 0 radical (unpaired) electrons. The summed E-state index contributed by atoms with van der Waals surface area (Å²) in [6.45, 7) is 1.85. The second kappa shape index (κ2) is 9.42. The van der Waals surface area contributed by atoms with Gasteiger partial charge in [-0.2, -0.15) is 5.10 Å². The van der Waals surface area contributed by atoms with Crippen molar-refractivity contribution in [2.45, 2.75) is 32.4 Å². The maximum Gasteiger partial charge on any atom is 0.181 e. The molecule has 29 heavy (non-hydrogen) atoms. The van der Waals surface area contributed by atoms with Crippen molar-refractivity contribution in [3.63, 3.8) is 0 Å². The molecule has 0 spiro atoms. The van der Waals surface area contributed by atoms with Crippen LogP contribution >= 0.6 is 12.4 Å². The van der Waals surface area contributed by atoms with Crippen LogP contribution in [0.25, 0.3) is 22.8 Å². The second-order valence-corrected chi connectivity index (χ2v) is 7.90. The number of nitrogens with zero attached hydrogens (tertiary/aromatic N) is 4. The van der Waals surface area contributed by atoms with Gasteiger partial charge in [0.15, 0.2) is 11.6 Å². The Kier molecular flexibility index (Phi) is 6.93. The summed E-state index contributed by atoms with van der Waals surface area (Å²) in [6.07, 6.45) is 3.91. The molecule has 0 saturated heterocycles. The Morgan fingerprint density at radius 3 is 2.45 bits per heavy atom. The first-order valence-corrected chi connectivity index (χ1v) is 9.95. The minimum Gasteiger partial charge on any atom is -0.497 e. The normalized spacial score (nSPS) is 13.8. The Balaban J connectivity index is 0.00000240. The van der Waals surface area contributed by atoms with Gasteiger partial charge in [0.2, 0.25) is 0 Å². The van der Waals surface area contributed by atoms with E-state index in [0.717, 1.165) is 41.6 Å². The Morgan fingerprint density at radius 1 is 1.07 bits per heavy atom. The molecule has 1 fully saturated rings. The van der Waals surface area contributed by atoms with Crippen LogP contribution in [0.3, 0.4) is 0 Å². The van der Waals surface area contributed by atoms with Crippen LogP contribution in [0.1, 0.15) is 24.8 Å². The molecule has 0 unspecified atom stereocenters. The lowest BCUT2D eigenvalue weighted by Gasteiger charge is -2.25. The molecular weight excluding hydrogens is 384 g/mol. The van der Waals surface area contributed by atoms with Crippen LogP contribution < -0.4 is 4.74 Å². The van der Waals surface area contributed by atoms with Gasteiger partial charge in [0.05, 0.1) is 7.11 Å². The van der Waals surface area contributed by atoms with Crippen LogP contribution in [0, 0.1) is 5.92 Å². The molecular formula is C23H29ClN4O. The summed E-state index contributed by atoms with van der Waals surface area (Å²) >= 11 is 0. The molecule has 1 aliphatic carbocycles. The fraction of sp³-hybridized carbons (Fsp3) is 0.391. The van der Waals surface area contributed by atoms with E-state index >= 15 is 0 Å². The van der Waals surface area contributed by atoms with Crippen molar-refractivity contribution in [3.8, 4) is 28.5 Å². The number of hydrogen-bond acceptors (Lipinski definition) is 4. The van der Waals surface area contributed by atoms with Crippen molar-refractivity contribution in [3.05, 3.63) is 54.1 Å². The van der Waals surface area contributed by atoms with Gasteiger partial charge in [-0.3, -0.25) is 0 Å². The van der Waals surface area contributed by atoms with E-state index in [1.165, 1.54) is 24.8 Å². The van der Waals surface area contributed by atoms with E-state index in [0.29, 0.717) is 5.92 Å². The summed E-state index contributed by atoms with van der Waals surface area (Å²) in [6, 6.07) is 16.6. The van der Waals surface area contributed by atoms with Crippen LogP contribution in [0.5, 0.6) is 5.75 Å². The number of aromatic nitrogens is 3. The number of halogens is 1. The van der Waals surface area contributed by atoms with Crippen molar-refractivity contribution >= 4 is 12.4 Å². The van der Waals surface area contributed by atoms with Gasteiger partial charge in [-0.15, -0.1) is 12.4 Å². The number of methoxy groups -OCH3 is 1. The zero-order valence-corrected chi connectivity index (χ0v) is 18.2. The zero-order chi connectivity index (χ0) is 19.5. The lowest BCUT2D eigenvalue weighted by Crippen LogP contribution is -2.19. The highest BCUT2D eigenvalue weighted by atomic mass is 35.5. The molecule has 0 aliphatic heterocycles. The molecule has 2 aromatic carbocycles. The van der Waals surface area contributed by atoms with Crippen molar-refractivity contribution in [2.24, 2.45) is 5.92 Å². The standard InChI is InChI=1S/C23H28N4O.ClH/c1-26(2)15-18-8-5-9-20(14-18)23-24-22(19-10-12-21(28-3)13-11-19)25-27(23)16-17-6-4-7-17;/h5,8-14,17H,4,6-7,15-16H2,1-3H3;1H. The van der Waals surface area contributed by atoms with Gasteiger partial charge < -0.3 is 9.64 Å². The molecule has 0 bridgehead atoms. The Hall–Kier alpha value is -2.37. The molecule has 0 atom stereocenters. The summed E-state index contributed by atoms with van der Waals surface area (Å²) in [4.78, 5) is 7.12. The van der Waals surface area contributed by atoms with Crippen molar-refractivity contribution in [1.29, 1.82) is 0 Å². The molecule has 1 aromatic heterocycles. The molecule has 5 nitrogen and oxygen atoms in total. The summed E-state index contributed by atoms with van der Waals surface area (Å²) in [5.74, 6) is 3.29. The second-order valence-electron chi connectivity index (χ2n) is 7.90. The fourth-order valence-electron chi connectivity index (χ4n) is 3.64. The Morgan fingerprint density at radius 2 is 1.83 bits per heavy atom. The first-order valence-electron chi connectivity index (χ1n) is 9.95. The highest BCUT2D eigenvalue weighted by Gasteiger charge is 2.22. The summed E-state index contributed by atoms with van der Waals surface area (Å²) in [5.41, 5.74) is 3.43. The highest BCUT2D eigenvalue weighted by molar-refractivity contribution is 5.85. The molecule has 6 heteroatoms. The van der Waals surface area contributed by atoms with Gasteiger partial charge >= 0.3 is 0 Å². The SMILES string of the molecule is COc1ccc(-c2nc(-c3cccc(CN(C)C)c3)n(CC3CCC3)n2)cc1.Cl. The quantitative estimate of drug-likeness (QED) is 0.553. The predicted molar refractivity (Wildman–Crippen MR) is 119 cm³/mol. The number of rotatable bonds is 7. The maximum absolute atomic E-state index is 5.27. The Bertz CT molecular complexity index is 932. The number of benzene rings is 2. The fourth-order valence-corrected chi connectivity index (χ4v) is 3.64. The van der Waals surface area contributed by atoms with Crippen molar-refractivity contribution in [1.82, 2.24) is 19.7 Å². The van der Waals surface area contributed by atoms with Crippen LogP contribution in [0.15, 0.2) is 48.5 Å². The lowest BCUT2D eigenvalue weighted by molar-refractivity contribution is 0.268. The third-order valence-electron chi connectivity index (χ3n) is 5.36. The number of ether oxygens (including phenoxy) is 1. The number of hydrogen-bond donors (Lipinski definition) is 0. The molecule has 154 valence electrons. The summed E-state index contributed by atoms with van der Waals surface area (Å²) < 4.78 is 7.38. The predicted octanol–water partition coefficient (Wildman–Crippen LogP) is 4.90. The highest BCUT2D eigenvalue weighted by Crippen LogP contribution is 2.31. The van der Waals surface area contributed by atoms with E-state index in [4.69, 9.17) is 14.8 Å². The van der Waals surface area contributed by atoms with Gasteiger partial charge in [-0.1, -0.05) is 24.6 Å². The summed E-state index contributed by atoms with van der Waals surface area (Å²) in [7, 11) is 5.86. The first-order chi connectivity index (χ1) is 13.6. The van der Waals surface area contributed by atoms with Gasteiger partial charge in [-0.05, 0) is 68.8 Å². The van der Waals surface area contributed by atoms with E-state index in [1.54, 1.807) is 7.11 Å². The Labute approximate surface area is 179 Å². The minimum absolute atomic E-state index is 0. The van der Waals surface area contributed by atoms with Crippen LogP contribution in [-0.2, 0) is 13.1 Å². The van der Waals surface area contributed by atoms with Crippen LogP contribution in [-0.4, -0.2) is 40.9 Å². The van der Waals surface area contributed by atoms with Gasteiger partial charge in [-0.25, -0.2) is 9.67 Å². The van der Waals surface area contributed by atoms with E-state index < -0.39 is 0 Å². The van der Waals surface area contributed by atoms with Crippen molar-refractivity contribution in [2.75, 3.05) is 21.2 Å². The molecule has 0 amide bonds. The topological polar surface area (TPSA) is 43.2 Å². The largest absolute Gasteiger partial charge is 0.497 e. The van der Waals surface area contributed by atoms with E-state index in [9.17, 15) is 0 Å². The van der Waals surface area contributed by atoms with E-state index in [-0.39, 0.29) is 12.4 Å².